The van der Waals surface area contributed by atoms with Crippen molar-refractivity contribution in [1.82, 2.24) is 9.62 Å². The number of rotatable bonds is 10. The second kappa shape index (κ2) is 13.2. The van der Waals surface area contributed by atoms with Crippen molar-refractivity contribution < 1.29 is 22.7 Å². The Morgan fingerprint density at radius 1 is 0.929 bits per heavy atom. The second-order valence-electron chi connectivity index (χ2n) is 9.13. The molecule has 0 spiro atoms. The molecule has 216 valence electrons. The van der Waals surface area contributed by atoms with Crippen LogP contribution in [0.5, 0.6) is 5.75 Å². The maximum atomic E-state index is 14.1. The van der Waals surface area contributed by atoms with Crippen LogP contribution in [0.25, 0.3) is 11.1 Å². The third-order valence-electron chi connectivity index (χ3n) is 6.23. The first-order valence-electron chi connectivity index (χ1n) is 12.4. The van der Waals surface area contributed by atoms with Crippen LogP contribution in [0.1, 0.15) is 21.5 Å². The molecule has 0 atom stereocenters. The summed E-state index contributed by atoms with van der Waals surface area (Å²) in [5, 5.41) is 21.1. The Hall–Kier alpha value is -4.22. The van der Waals surface area contributed by atoms with Crippen LogP contribution in [0, 0.1) is 11.2 Å². The van der Waals surface area contributed by atoms with Crippen molar-refractivity contribution in [2.24, 2.45) is 5.73 Å². The number of phenols is 1. The molecule has 0 aliphatic carbocycles. The van der Waals surface area contributed by atoms with E-state index in [2.05, 4.69) is 5.32 Å². The van der Waals surface area contributed by atoms with Gasteiger partial charge in [-0.25, -0.2) is 12.8 Å². The quantitative estimate of drug-likeness (QED) is 0.158. The lowest BCUT2D eigenvalue weighted by Gasteiger charge is -2.24. The monoisotopic (exact) mass is 626 g/mol. The van der Waals surface area contributed by atoms with Gasteiger partial charge in [0, 0.05) is 35.5 Å². The molecule has 0 heterocycles. The molecule has 8 nitrogen and oxygen atoms in total. The molecule has 1 amide bonds. The number of benzene rings is 4. The van der Waals surface area contributed by atoms with Crippen LogP contribution in [0.3, 0.4) is 0 Å². The van der Waals surface area contributed by atoms with Gasteiger partial charge in [-0.05, 0) is 64.7 Å². The summed E-state index contributed by atoms with van der Waals surface area (Å²) in [4.78, 5) is 12.2. The minimum absolute atomic E-state index is 0.0812. The SMILES string of the molecule is N=C/C(=C\N)NC(=O)c1cc(Cl)cc(S(=O)(=O)N(Cc2ccc(F)cc2)Cc2cccc(-c3ccc(Cl)cc3)c2)c1O. The third kappa shape index (κ3) is 7.15. The van der Waals surface area contributed by atoms with Gasteiger partial charge in [0.2, 0.25) is 10.0 Å². The number of amides is 1. The molecule has 0 saturated carbocycles. The first-order valence-corrected chi connectivity index (χ1v) is 14.6. The van der Waals surface area contributed by atoms with E-state index in [1.54, 1.807) is 24.3 Å². The van der Waals surface area contributed by atoms with E-state index in [9.17, 15) is 22.7 Å². The van der Waals surface area contributed by atoms with Crippen molar-refractivity contribution in [3.05, 3.63) is 129 Å². The predicted molar refractivity (Wildman–Crippen MR) is 161 cm³/mol. The number of nitrogens with one attached hydrogen (secondary N) is 2. The van der Waals surface area contributed by atoms with E-state index < -0.39 is 38.0 Å². The summed E-state index contributed by atoms with van der Waals surface area (Å²) in [5.41, 5.74) is 7.66. The molecule has 5 N–H and O–H groups in total. The van der Waals surface area contributed by atoms with Gasteiger partial charge in [0.25, 0.3) is 5.91 Å². The standard InChI is InChI=1S/C30H25Cl2FN4O4S/c31-23-8-6-21(7-9-23)22-3-1-2-20(12-22)18-37(17-19-4-10-25(33)11-5-19)42(40,41)28-14-24(32)13-27(29(28)38)30(39)36-26(15-34)16-35/h1-16,34,38H,17-18,35H2,(H,36,39)/b26-16+,34-15?. The smallest absolute Gasteiger partial charge is 0.259 e. The van der Waals surface area contributed by atoms with Crippen LogP contribution in [-0.2, 0) is 23.1 Å². The maximum Gasteiger partial charge on any atom is 0.259 e. The van der Waals surface area contributed by atoms with Crippen LogP contribution in [-0.4, -0.2) is 30.0 Å². The number of phenolic OH excluding ortho intramolecular Hbond substituents is 1. The average Bonchev–Trinajstić information content (AvgIpc) is 2.98. The molecule has 4 aromatic rings. The van der Waals surface area contributed by atoms with Crippen molar-refractivity contribution in [3.8, 4) is 16.9 Å². The molecule has 0 saturated heterocycles. The fourth-order valence-corrected chi connectivity index (χ4v) is 6.08. The molecule has 4 aromatic carbocycles. The number of carbonyl (C=O) groups excluding carboxylic acids is 1. The number of carbonyl (C=O) groups is 1. The Balaban J connectivity index is 1.77. The number of aromatic hydroxyl groups is 1. The molecule has 0 aliphatic rings. The van der Waals surface area contributed by atoms with Gasteiger partial charge in [-0.1, -0.05) is 65.7 Å². The topological polar surface area (TPSA) is 137 Å². The molecule has 4 rings (SSSR count). The molecule has 0 fully saturated rings. The summed E-state index contributed by atoms with van der Waals surface area (Å²) in [5.74, 6) is -2.24. The van der Waals surface area contributed by atoms with E-state index in [1.165, 1.54) is 24.3 Å². The lowest BCUT2D eigenvalue weighted by Crippen LogP contribution is -2.31. The Labute approximate surface area is 252 Å². The highest BCUT2D eigenvalue weighted by atomic mass is 35.5. The summed E-state index contributed by atoms with van der Waals surface area (Å²) in [6, 6.07) is 21.9. The van der Waals surface area contributed by atoms with Gasteiger partial charge in [0.15, 0.2) is 0 Å². The van der Waals surface area contributed by atoms with Crippen LogP contribution < -0.4 is 11.1 Å². The fourth-order valence-electron chi connectivity index (χ4n) is 4.12. The van der Waals surface area contributed by atoms with Gasteiger partial charge < -0.3 is 21.6 Å². The summed E-state index contributed by atoms with van der Waals surface area (Å²) in [7, 11) is -4.52. The van der Waals surface area contributed by atoms with Crippen molar-refractivity contribution in [2.75, 3.05) is 0 Å². The number of hydrogen-bond acceptors (Lipinski definition) is 6. The summed E-state index contributed by atoms with van der Waals surface area (Å²) < 4.78 is 42.9. The number of nitrogens with zero attached hydrogens (tertiary/aromatic N) is 1. The summed E-state index contributed by atoms with van der Waals surface area (Å²) in [6.07, 6.45) is 1.74. The number of halogens is 3. The average molecular weight is 628 g/mol. The molecular weight excluding hydrogens is 602 g/mol. The van der Waals surface area contributed by atoms with Gasteiger partial charge in [-0.2, -0.15) is 4.31 Å². The molecular formula is C30H25Cl2FN4O4S. The molecule has 12 heteroatoms. The first-order chi connectivity index (χ1) is 20.0. The van der Waals surface area contributed by atoms with Crippen LogP contribution in [0.15, 0.2) is 102 Å². The fraction of sp³-hybridized carbons (Fsp3) is 0.0667. The molecule has 0 aromatic heterocycles. The molecule has 0 radical (unpaired) electrons. The summed E-state index contributed by atoms with van der Waals surface area (Å²) >= 11 is 12.2. The van der Waals surface area contributed by atoms with Crippen molar-refractivity contribution in [1.29, 1.82) is 5.41 Å². The molecule has 0 aliphatic heterocycles. The number of nitrogens with two attached hydrogens (primary N) is 1. The number of sulfonamides is 1. The third-order valence-corrected chi connectivity index (χ3v) is 8.51. The zero-order valence-electron chi connectivity index (χ0n) is 21.9. The van der Waals surface area contributed by atoms with Crippen LogP contribution in [0.2, 0.25) is 10.0 Å². The highest BCUT2D eigenvalue weighted by Crippen LogP contribution is 2.34. The molecule has 42 heavy (non-hydrogen) atoms. The Morgan fingerprint density at radius 3 is 2.24 bits per heavy atom. The maximum absolute atomic E-state index is 14.1. The number of hydrogen-bond donors (Lipinski definition) is 4. The minimum Gasteiger partial charge on any atom is -0.506 e. The van der Waals surface area contributed by atoms with E-state index in [-0.39, 0.29) is 23.8 Å². The van der Waals surface area contributed by atoms with Crippen molar-refractivity contribution in [3.63, 3.8) is 0 Å². The van der Waals surface area contributed by atoms with E-state index >= 15 is 0 Å². The lowest BCUT2D eigenvalue weighted by atomic mass is 10.0. The van der Waals surface area contributed by atoms with Crippen LogP contribution in [0.4, 0.5) is 4.39 Å². The first kappa shape index (κ1) is 30.7. The Morgan fingerprint density at radius 2 is 1.60 bits per heavy atom. The largest absolute Gasteiger partial charge is 0.506 e. The highest BCUT2D eigenvalue weighted by molar-refractivity contribution is 7.89. The van der Waals surface area contributed by atoms with E-state index in [0.29, 0.717) is 16.1 Å². The predicted octanol–water partition coefficient (Wildman–Crippen LogP) is 6.08. The zero-order valence-corrected chi connectivity index (χ0v) is 24.2. The second-order valence-corrected chi connectivity index (χ2v) is 11.9. The highest BCUT2D eigenvalue weighted by Gasteiger charge is 2.31. The van der Waals surface area contributed by atoms with E-state index in [0.717, 1.165) is 40.0 Å². The van der Waals surface area contributed by atoms with Gasteiger partial charge in [-0.15, -0.1) is 0 Å². The minimum atomic E-state index is -4.52. The lowest BCUT2D eigenvalue weighted by molar-refractivity contribution is 0.0965. The van der Waals surface area contributed by atoms with Crippen LogP contribution >= 0.6 is 23.2 Å². The van der Waals surface area contributed by atoms with E-state index in [4.69, 9.17) is 34.3 Å². The molecule has 0 bridgehead atoms. The number of allylic oxidation sites excluding steroid dienone is 1. The Kier molecular flexibility index (Phi) is 9.64. The van der Waals surface area contributed by atoms with Crippen molar-refractivity contribution in [2.45, 2.75) is 18.0 Å². The zero-order chi connectivity index (χ0) is 30.4. The van der Waals surface area contributed by atoms with Crippen molar-refractivity contribution >= 4 is 45.3 Å². The Bertz CT molecular complexity index is 1760. The normalized spacial score (nSPS) is 11.9. The van der Waals surface area contributed by atoms with Gasteiger partial charge in [0.1, 0.15) is 16.5 Å². The van der Waals surface area contributed by atoms with Gasteiger partial charge in [0.05, 0.1) is 11.3 Å². The molecule has 0 unspecified atom stereocenters. The van der Waals surface area contributed by atoms with Gasteiger partial charge >= 0.3 is 0 Å². The summed E-state index contributed by atoms with van der Waals surface area (Å²) in [6.45, 7) is -0.322. The van der Waals surface area contributed by atoms with E-state index in [1.807, 2.05) is 24.3 Å². The van der Waals surface area contributed by atoms with Gasteiger partial charge in [-0.3, -0.25) is 4.79 Å².